The van der Waals surface area contributed by atoms with Crippen LogP contribution in [0.25, 0.3) is 0 Å². The van der Waals surface area contributed by atoms with Gasteiger partial charge in [-0.25, -0.2) is 0 Å². The lowest BCUT2D eigenvalue weighted by atomic mass is 9.82. The molecule has 1 spiro atoms. The molecule has 0 bridgehead atoms. The van der Waals surface area contributed by atoms with Crippen LogP contribution >= 0.6 is 0 Å². The van der Waals surface area contributed by atoms with Crippen molar-refractivity contribution in [1.82, 2.24) is 10.2 Å². The molecule has 4 aromatic rings. The summed E-state index contributed by atoms with van der Waals surface area (Å²) in [7, 11) is -0.902. The number of benzene rings is 4. The maximum absolute atomic E-state index is 15.3. The normalized spacial score (nSPS) is 23.2. The number of methoxy groups -OCH3 is 1. The maximum atomic E-state index is 15.3. The zero-order valence-corrected chi connectivity index (χ0v) is 33.2. The molecule has 0 radical (unpaired) electrons. The molecule has 0 aliphatic carbocycles. The first-order chi connectivity index (χ1) is 26.6. The molecule has 11 heteroatoms. The van der Waals surface area contributed by atoms with Gasteiger partial charge in [-0.2, -0.15) is 0 Å². The number of nitrogens with one attached hydrogen (secondary N) is 2. The lowest BCUT2D eigenvalue weighted by Crippen LogP contribution is -2.52. The summed E-state index contributed by atoms with van der Waals surface area (Å²) in [5.74, 6) is -0.00528. The van der Waals surface area contributed by atoms with Crippen LogP contribution in [0.2, 0.25) is 18.6 Å². The van der Waals surface area contributed by atoms with E-state index in [0.29, 0.717) is 24.3 Å². The van der Waals surface area contributed by atoms with E-state index in [1.54, 1.807) is 12.0 Å². The highest BCUT2D eigenvalue weighted by Gasteiger charge is 2.66. The van der Waals surface area contributed by atoms with E-state index in [9.17, 15) is 14.7 Å². The van der Waals surface area contributed by atoms with E-state index in [1.165, 1.54) is 0 Å². The molecule has 0 saturated carbocycles. The number of carbonyl (C=O) groups is 3. The first-order valence-electron chi connectivity index (χ1n) is 19.4. The summed E-state index contributed by atoms with van der Waals surface area (Å²) in [6.45, 7) is 8.18. The fraction of sp³-hybridized carbons (Fsp3) is 0.386. The van der Waals surface area contributed by atoms with E-state index in [2.05, 4.69) is 42.8 Å². The van der Waals surface area contributed by atoms with Gasteiger partial charge in [0.2, 0.25) is 11.8 Å². The molecule has 2 fully saturated rings. The predicted octanol–water partition coefficient (Wildman–Crippen LogP) is 5.56. The van der Waals surface area contributed by atoms with Crippen LogP contribution in [0.5, 0.6) is 5.75 Å². The number of aliphatic hydroxyl groups excluding tert-OH is 1. The van der Waals surface area contributed by atoms with E-state index in [-0.39, 0.29) is 54.8 Å². The van der Waals surface area contributed by atoms with Gasteiger partial charge in [-0.1, -0.05) is 98.0 Å². The Morgan fingerprint density at radius 3 is 2.33 bits per heavy atom. The highest BCUT2D eigenvalue weighted by atomic mass is 28.3. The first-order valence-corrected chi connectivity index (χ1v) is 22.4. The molecule has 55 heavy (non-hydrogen) atoms. The molecule has 3 amide bonds. The number of nitrogens with zero attached hydrogens (tertiary/aromatic N) is 2. The van der Waals surface area contributed by atoms with Crippen molar-refractivity contribution in [3.05, 3.63) is 120 Å². The third-order valence-electron chi connectivity index (χ3n) is 12.0. The van der Waals surface area contributed by atoms with Gasteiger partial charge in [-0.15, -0.1) is 0 Å². The smallest absolute Gasteiger partial charge is 0.264 e. The van der Waals surface area contributed by atoms with Crippen molar-refractivity contribution in [2.45, 2.75) is 75.7 Å². The molecule has 3 N–H and O–H groups in total. The molecule has 3 aliphatic heterocycles. The molecule has 10 nitrogen and oxygen atoms in total. The van der Waals surface area contributed by atoms with E-state index >= 15 is 4.79 Å². The van der Waals surface area contributed by atoms with Crippen LogP contribution in [0.4, 0.5) is 11.4 Å². The zero-order valence-electron chi connectivity index (χ0n) is 32.2. The summed E-state index contributed by atoms with van der Waals surface area (Å²) in [5.41, 5.74) is 2.39. The van der Waals surface area contributed by atoms with E-state index in [4.69, 9.17) is 9.47 Å². The van der Waals surface area contributed by atoms with Gasteiger partial charge in [-0.05, 0) is 66.4 Å². The van der Waals surface area contributed by atoms with Crippen molar-refractivity contribution < 1.29 is 29.0 Å². The number of hydrogen-bond acceptors (Lipinski definition) is 7. The van der Waals surface area contributed by atoms with Crippen molar-refractivity contribution in [3.63, 3.8) is 0 Å². The largest absolute Gasteiger partial charge is 0.497 e. The molecule has 0 unspecified atom stereocenters. The number of hydrogen-bond donors (Lipinski definition) is 3. The Labute approximate surface area is 324 Å². The summed E-state index contributed by atoms with van der Waals surface area (Å²) in [5, 5.41) is 17.6. The average Bonchev–Trinajstić information content (AvgIpc) is 3.90. The van der Waals surface area contributed by atoms with Gasteiger partial charge in [0.25, 0.3) is 5.91 Å². The standard InChI is InChI=1S/C44H52N4O6Si/c1-30-41(55(3,4)35-20-18-34(53-2)19-21-35)39(27-40(50)47(24-25-49)28-31-12-7-5-8-13-31)54-44(30)36-26-33(46-42(51)37-16-11-23-45-37)17-22-38(36)48(43(44)52)29-32-14-9-6-10-15-32/h5-10,12-15,17-22,26,30,37,39,41,45,49H,11,16,23-25,27-29H2,1-4H3,(H,46,51)/t30-,37-,39+,41-,44+/m1/s1. The average molecular weight is 761 g/mol. The molecule has 7 rings (SSSR count). The monoisotopic (exact) mass is 760 g/mol. The van der Waals surface area contributed by atoms with E-state index in [1.807, 2.05) is 95.9 Å². The Balaban J connectivity index is 1.31. The molecule has 5 atom stereocenters. The molecule has 3 aliphatic rings. The Hall–Kier alpha value is -4.81. The van der Waals surface area contributed by atoms with Crippen molar-refractivity contribution >= 4 is 42.4 Å². The van der Waals surface area contributed by atoms with E-state index < -0.39 is 19.8 Å². The van der Waals surface area contributed by atoms with Crippen LogP contribution < -0.4 is 25.5 Å². The lowest BCUT2D eigenvalue weighted by molar-refractivity contribution is -0.150. The van der Waals surface area contributed by atoms with Gasteiger partial charge in [0.1, 0.15) is 5.75 Å². The molecular formula is C44H52N4O6Si. The number of rotatable bonds is 13. The van der Waals surface area contributed by atoms with Crippen LogP contribution in [0.15, 0.2) is 103 Å². The number of aliphatic hydroxyl groups is 1. The Bertz CT molecular complexity index is 1990. The van der Waals surface area contributed by atoms with Crippen LogP contribution in [-0.2, 0) is 37.8 Å². The van der Waals surface area contributed by atoms with Crippen LogP contribution in [0.3, 0.4) is 0 Å². The molecule has 288 valence electrons. The fourth-order valence-electron chi connectivity index (χ4n) is 9.17. The number of carbonyl (C=O) groups excluding carboxylic acids is 3. The van der Waals surface area contributed by atoms with Crippen molar-refractivity contribution in [1.29, 1.82) is 0 Å². The second-order valence-electron chi connectivity index (χ2n) is 15.6. The minimum atomic E-state index is -2.55. The SMILES string of the molecule is COc1ccc([Si](C)(C)[C@H]2[C@H](CC(=O)N(CCO)Cc3ccccc3)O[C@@]3(C(=O)N(Cc4ccccc4)c4ccc(NC(=O)[C@H]5CCCN5)cc43)[C@@H]2C)cc1. The van der Waals surface area contributed by atoms with Crippen molar-refractivity contribution in [2.24, 2.45) is 5.92 Å². The highest BCUT2D eigenvalue weighted by Crippen LogP contribution is 2.60. The van der Waals surface area contributed by atoms with Crippen LogP contribution in [-0.4, -0.2) is 74.8 Å². The minimum Gasteiger partial charge on any atom is -0.497 e. The van der Waals surface area contributed by atoms with Crippen LogP contribution in [0, 0.1) is 5.92 Å². The Kier molecular flexibility index (Phi) is 11.3. The Morgan fingerprint density at radius 2 is 1.69 bits per heavy atom. The summed E-state index contributed by atoms with van der Waals surface area (Å²) >= 11 is 0. The van der Waals surface area contributed by atoms with Crippen molar-refractivity contribution in [2.75, 3.05) is 37.0 Å². The van der Waals surface area contributed by atoms with Gasteiger partial charge in [-0.3, -0.25) is 14.4 Å². The van der Waals surface area contributed by atoms with Gasteiger partial charge >= 0.3 is 0 Å². The quantitative estimate of drug-likeness (QED) is 0.153. The van der Waals surface area contributed by atoms with Crippen LogP contribution in [0.1, 0.15) is 42.9 Å². The third kappa shape index (κ3) is 7.46. The van der Waals surface area contributed by atoms with Gasteiger partial charge < -0.3 is 35.0 Å². The molecule has 4 aromatic carbocycles. The summed E-state index contributed by atoms with van der Waals surface area (Å²) < 4.78 is 12.8. The van der Waals surface area contributed by atoms with Gasteiger partial charge in [0.15, 0.2) is 5.60 Å². The topological polar surface area (TPSA) is 120 Å². The number of ether oxygens (including phenoxy) is 2. The number of anilines is 2. The summed E-state index contributed by atoms with van der Waals surface area (Å²) in [6, 6.07) is 33.2. The number of amides is 3. The van der Waals surface area contributed by atoms with E-state index in [0.717, 1.165) is 47.1 Å². The molecule has 2 saturated heterocycles. The molecular weight excluding hydrogens is 709 g/mol. The molecule has 3 heterocycles. The lowest BCUT2D eigenvalue weighted by Gasteiger charge is -2.37. The Morgan fingerprint density at radius 1 is 1.00 bits per heavy atom. The number of fused-ring (bicyclic) bond motifs is 2. The second-order valence-corrected chi connectivity index (χ2v) is 20.3. The summed E-state index contributed by atoms with van der Waals surface area (Å²) in [6.07, 6.45) is 1.14. The first kappa shape index (κ1) is 38.5. The van der Waals surface area contributed by atoms with Gasteiger partial charge in [0, 0.05) is 30.3 Å². The minimum absolute atomic E-state index is 0.0429. The highest BCUT2D eigenvalue weighted by molar-refractivity contribution is 6.91. The maximum Gasteiger partial charge on any atom is 0.264 e. The fourth-order valence-corrected chi connectivity index (χ4v) is 13.2. The summed E-state index contributed by atoms with van der Waals surface area (Å²) in [4.78, 5) is 46.6. The zero-order chi connectivity index (χ0) is 38.7. The van der Waals surface area contributed by atoms with Gasteiger partial charge in [0.05, 0.1) is 52.6 Å². The van der Waals surface area contributed by atoms with Crippen molar-refractivity contribution in [3.8, 4) is 5.75 Å². The second kappa shape index (κ2) is 16.1. The predicted molar refractivity (Wildman–Crippen MR) is 217 cm³/mol. The third-order valence-corrected chi connectivity index (χ3v) is 16.3. The molecule has 0 aromatic heterocycles.